The van der Waals surface area contributed by atoms with Crippen molar-refractivity contribution >= 4 is 39.7 Å². The number of hydrogen-bond donors (Lipinski definition) is 0. The summed E-state index contributed by atoms with van der Waals surface area (Å²) in [6, 6.07) is 9.20. The van der Waals surface area contributed by atoms with E-state index >= 15 is 0 Å². The molecule has 2 nitrogen and oxygen atoms in total. The molecule has 0 atom stereocenters. The minimum atomic E-state index is 0.0604. The van der Waals surface area contributed by atoms with Gasteiger partial charge in [-0.1, -0.05) is 0 Å². The van der Waals surface area contributed by atoms with Crippen molar-refractivity contribution in [1.82, 2.24) is 0 Å². The Bertz CT molecular complexity index is 543. The van der Waals surface area contributed by atoms with Crippen LogP contribution in [-0.4, -0.2) is 11.9 Å². The monoisotopic (exact) mass is 372 g/mol. The molecule has 0 spiro atoms. The van der Waals surface area contributed by atoms with Crippen LogP contribution in [0.25, 0.3) is 0 Å². The first-order valence-corrected chi connectivity index (χ1v) is 7.57. The van der Waals surface area contributed by atoms with Gasteiger partial charge in [0.15, 0.2) is 5.78 Å². The number of hydrogen-bond acceptors (Lipinski definition) is 3. The molecule has 1 heterocycles. The van der Waals surface area contributed by atoms with E-state index in [0.29, 0.717) is 5.56 Å². The number of thiophene rings is 1. The third-order valence-electron chi connectivity index (χ3n) is 2.32. The Balaban J connectivity index is 2.17. The van der Waals surface area contributed by atoms with Gasteiger partial charge in [-0.3, -0.25) is 4.79 Å². The summed E-state index contributed by atoms with van der Waals surface area (Å²) in [5.74, 6) is 0.853. The van der Waals surface area contributed by atoms with Crippen molar-refractivity contribution in [3.63, 3.8) is 0 Å². The summed E-state index contributed by atoms with van der Waals surface area (Å²) >= 11 is 3.80. The first-order chi connectivity index (χ1) is 8.56. The molecular formula is C14H13IO2S. The summed E-state index contributed by atoms with van der Waals surface area (Å²) < 4.78 is 6.67. The molecule has 18 heavy (non-hydrogen) atoms. The second-order valence-corrected chi connectivity index (χ2v) is 6.97. The lowest BCUT2D eigenvalue weighted by Gasteiger charge is -2.09. The molecule has 0 amide bonds. The van der Waals surface area contributed by atoms with Crippen LogP contribution < -0.4 is 4.74 Å². The molecule has 0 fully saturated rings. The van der Waals surface area contributed by atoms with Crippen molar-refractivity contribution in [2.45, 2.75) is 20.0 Å². The average Bonchev–Trinajstić information content (AvgIpc) is 2.75. The third kappa shape index (κ3) is 3.32. The molecule has 0 unspecified atom stereocenters. The topological polar surface area (TPSA) is 26.3 Å². The fourth-order valence-corrected chi connectivity index (χ4v) is 2.88. The van der Waals surface area contributed by atoms with Crippen molar-refractivity contribution in [3.8, 4) is 5.75 Å². The molecule has 0 aliphatic rings. The van der Waals surface area contributed by atoms with Gasteiger partial charge in [0, 0.05) is 16.5 Å². The van der Waals surface area contributed by atoms with Crippen molar-refractivity contribution in [2.75, 3.05) is 0 Å². The van der Waals surface area contributed by atoms with Crippen LogP contribution in [0.15, 0.2) is 35.7 Å². The summed E-state index contributed by atoms with van der Waals surface area (Å²) in [6.45, 7) is 3.96. The van der Waals surface area contributed by atoms with Gasteiger partial charge in [0.25, 0.3) is 0 Å². The maximum Gasteiger partial charge on any atom is 0.193 e. The standard InChI is InChI=1S/C14H13IO2S/c1-9(2)17-12-5-3-10(4-6-12)14(16)11-7-13(15)18-8-11/h3-9H,1-2H3. The van der Waals surface area contributed by atoms with Gasteiger partial charge < -0.3 is 4.74 Å². The van der Waals surface area contributed by atoms with Crippen LogP contribution in [0.3, 0.4) is 0 Å². The van der Waals surface area contributed by atoms with E-state index in [2.05, 4.69) is 22.6 Å². The minimum Gasteiger partial charge on any atom is -0.491 e. The third-order valence-corrected chi connectivity index (χ3v) is 4.11. The Kier molecular flexibility index (Phi) is 4.40. The first-order valence-electron chi connectivity index (χ1n) is 5.61. The molecule has 0 saturated carbocycles. The molecule has 0 bridgehead atoms. The van der Waals surface area contributed by atoms with Crippen LogP contribution in [0.5, 0.6) is 5.75 Å². The van der Waals surface area contributed by atoms with Gasteiger partial charge in [-0.25, -0.2) is 0 Å². The Hall–Kier alpha value is -0.880. The van der Waals surface area contributed by atoms with Gasteiger partial charge in [-0.15, -0.1) is 11.3 Å². The number of ether oxygens (including phenoxy) is 1. The van der Waals surface area contributed by atoms with Gasteiger partial charge in [0.1, 0.15) is 5.75 Å². The molecule has 0 radical (unpaired) electrons. The maximum atomic E-state index is 12.2. The van der Waals surface area contributed by atoms with Crippen LogP contribution >= 0.6 is 33.9 Å². The zero-order valence-corrected chi connectivity index (χ0v) is 13.1. The highest BCUT2D eigenvalue weighted by molar-refractivity contribution is 14.1. The Morgan fingerprint density at radius 3 is 2.39 bits per heavy atom. The molecule has 1 aromatic heterocycles. The highest BCUT2D eigenvalue weighted by Crippen LogP contribution is 2.21. The molecule has 94 valence electrons. The van der Waals surface area contributed by atoms with Crippen molar-refractivity contribution in [1.29, 1.82) is 0 Å². The summed E-state index contributed by atoms with van der Waals surface area (Å²) in [5.41, 5.74) is 1.45. The van der Waals surface area contributed by atoms with E-state index in [-0.39, 0.29) is 11.9 Å². The summed E-state index contributed by atoms with van der Waals surface area (Å²) in [7, 11) is 0. The van der Waals surface area contributed by atoms with Crippen LogP contribution in [0.1, 0.15) is 29.8 Å². The number of benzene rings is 1. The SMILES string of the molecule is CC(C)Oc1ccc(C(=O)c2csc(I)c2)cc1. The number of carbonyl (C=O) groups is 1. The minimum absolute atomic E-state index is 0.0604. The zero-order chi connectivity index (χ0) is 13.1. The number of carbonyl (C=O) groups excluding carboxylic acids is 1. The number of ketones is 1. The fraction of sp³-hybridized carbons (Fsp3) is 0.214. The molecule has 0 aliphatic carbocycles. The van der Waals surface area contributed by atoms with Crippen molar-refractivity contribution < 1.29 is 9.53 Å². The first kappa shape index (κ1) is 13.5. The van der Waals surface area contributed by atoms with E-state index in [1.165, 1.54) is 0 Å². The number of halogens is 1. The lowest BCUT2D eigenvalue weighted by atomic mass is 10.1. The molecule has 0 aliphatic heterocycles. The lowest BCUT2D eigenvalue weighted by Crippen LogP contribution is -2.06. The van der Waals surface area contributed by atoms with E-state index < -0.39 is 0 Å². The molecule has 2 rings (SSSR count). The molecule has 2 aromatic rings. The predicted molar refractivity (Wildman–Crippen MR) is 82.7 cm³/mol. The Labute approximate surface area is 124 Å². The van der Waals surface area contributed by atoms with Gasteiger partial charge in [0.05, 0.1) is 8.99 Å². The van der Waals surface area contributed by atoms with E-state index in [9.17, 15) is 4.79 Å². The summed E-state index contributed by atoms with van der Waals surface area (Å²) in [6.07, 6.45) is 0.144. The van der Waals surface area contributed by atoms with Gasteiger partial charge >= 0.3 is 0 Å². The van der Waals surface area contributed by atoms with Crippen molar-refractivity contribution in [2.24, 2.45) is 0 Å². The smallest absolute Gasteiger partial charge is 0.193 e. The largest absolute Gasteiger partial charge is 0.491 e. The molecule has 0 N–H and O–H groups in total. The molecule has 4 heteroatoms. The summed E-state index contributed by atoms with van der Waals surface area (Å²) in [4.78, 5) is 12.2. The van der Waals surface area contributed by atoms with Gasteiger partial charge in [-0.2, -0.15) is 0 Å². The molecular weight excluding hydrogens is 359 g/mol. The Morgan fingerprint density at radius 1 is 1.22 bits per heavy atom. The highest BCUT2D eigenvalue weighted by Gasteiger charge is 2.11. The van der Waals surface area contributed by atoms with E-state index in [4.69, 9.17) is 4.74 Å². The fourth-order valence-electron chi connectivity index (χ4n) is 1.55. The average molecular weight is 372 g/mol. The second-order valence-electron chi connectivity index (χ2n) is 4.16. The Morgan fingerprint density at radius 2 is 1.89 bits per heavy atom. The zero-order valence-electron chi connectivity index (χ0n) is 10.1. The quantitative estimate of drug-likeness (QED) is 0.589. The van der Waals surface area contributed by atoms with Crippen LogP contribution in [0.4, 0.5) is 0 Å². The summed E-state index contributed by atoms with van der Waals surface area (Å²) in [5, 5.41) is 1.89. The second kappa shape index (κ2) is 5.84. The van der Waals surface area contributed by atoms with Crippen LogP contribution in [0.2, 0.25) is 0 Å². The maximum absolute atomic E-state index is 12.2. The number of rotatable bonds is 4. The van der Waals surface area contributed by atoms with Crippen LogP contribution in [0, 0.1) is 2.88 Å². The van der Waals surface area contributed by atoms with E-state index in [1.54, 1.807) is 11.3 Å². The highest BCUT2D eigenvalue weighted by atomic mass is 127. The molecule has 1 aromatic carbocycles. The predicted octanol–water partition coefficient (Wildman–Crippen LogP) is 4.37. The van der Waals surface area contributed by atoms with Crippen molar-refractivity contribution in [3.05, 3.63) is 49.7 Å². The molecule has 0 saturated heterocycles. The van der Waals surface area contributed by atoms with Gasteiger partial charge in [-0.05, 0) is 66.8 Å². The lowest BCUT2D eigenvalue weighted by molar-refractivity contribution is 0.103. The van der Waals surface area contributed by atoms with E-state index in [1.807, 2.05) is 49.6 Å². The van der Waals surface area contributed by atoms with Crippen LogP contribution in [-0.2, 0) is 0 Å². The normalized spacial score (nSPS) is 10.7. The van der Waals surface area contributed by atoms with Gasteiger partial charge in [0.2, 0.25) is 0 Å². The van der Waals surface area contributed by atoms with E-state index in [0.717, 1.165) is 14.2 Å².